The molecule has 0 saturated carbocycles. The van der Waals surface area contributed by atoms with Crippen LogP contribution in [0, 0.1) is 0 Å². The number of morpholine rings is 1. The quantitative estimate of drug-likeness (QED) is 0.809. The molecule has 124 valence electrons. The van der Waals surface area contributed by atoms with E-state index in [9.17, 15) is 0 Å². The van der Waals surface area contributed by atoms with Crippen LogP contribution < -0.4 is 10.1 Å². The molecule has 1 fully saturated rings. The number of hydrogen-bond donors (Lipinski definition) is 1. The van der Waals surface area contributed by atoms with Crippen molar-refractivity contribution >= 4 is 0 Å². The topological polar surface area (TPSA) is 46.9 Å². The lowest BCUT2D eigenvalue weighted by molar-refractivity contribution is 0.0322. The molecule has 0 amide bonds. The average molecular weight is 316 g/mol. The Morgan fingerprint density at radius 1 is 1.04 bits per heavy atom. The molecule has 0 aliphatic carbocycles. The van der Waals surface area contributed by atoms with Gasteiger partial charge in [-0.2, -0.15) is 0 Å². The summed E-state index contributed by atoms with van der Waals surface area (Å²) in [5.74, 6) is 1.89. The van der Waals surface area contributed by atoms with Crippen molar-refractivity contribution in [2.45, 2.75) is 13.1 Å². The van der Waals surface area contributed by atoms with E-state index in [4.69, 9.17) is 13.9 Å². The minimum Gasteiger partial charge on any atom is -0.492 e. The first kappa shape index (κ1) is 16.1. The Morgan fingerprint density at radius 3 is 2.74 bits per heavy atom. The van der Waals surface area contributed by atoms with Crippen LogP contribution in [0.1, 0.15) is 11.3 Å². The Labute approximate surface area is 137 Å². The van der Waals surface area contributed by atoms with Crippen LogP contribution in [-0.2, 0) is 17.8 Å². The van der Waals surface area contributed by atoms with Crippen LogP contribution in [0.15, 0.2) is 47.1 Å². The zero-order valence-electron chi connectivity index (χ0n) is 13.4. The van der Waals surface area contributed by atoms with E-state index in [2.05, 4.69) is 16.3 Å². The largest absolute Gasteiger partial charge is 0.492 e. The molecule has 1 N–H and O–H groups in total. The molecule has 0 radical (unpaired) electrons. The number of hydrogen-bond acceptors (Lipinski definition) is 5. The molecule has 2 heterocycles. The van der Waals surface area contributed by atoms with Crippen molar-refractivity contribution in [2.24, 2.45) is 0 Å². The second kappa shape index (κ2) is 8.72. The van der Waals surface area contributed by atoms with Gasteiger partial charge in [-0.25, -0.2) is 0 Å². The van der Waals surface area contributed by atoms with Gasteiger partial charge < -0.3 is 19.2 Å². The number of ether oxygens (including phenoxy) is 2. The summed E-state index contributed by atoms with van der Waals surface area (Å²) < 4.78 is 16.7. The molecular formula is C18H24N2O3. The third-order valence-electron chi connectivity index (χ3n) is 3.94. The van der Waals surface area contributed by atoms with Crippen molar-refractivity contribution in [3.05, 3.63) is 54.0 Å². The van der Waals surface area contributed by atoms with Gasteiger partial charge in [0.2, 0.25) is 0 Å². The third kappa shape index (κ3) is 5.10. The Balaban J connectivity index is 1.44. The summed E-state index contributed by atoms with van der Waals surface area (Å²) in [5.41, 5.74) is 1.17. The normalized spacial score (nSPS) is 15.7. The number of rotatable bonds is 8. The maximum atomic E-state index is 5.98. The number of para-hydroxylation sites is 1. The van der Waals surface area contributed by atoms with Crippen molar-refractivity contribution in [1.82, 2.24) is 10.2 Å². The smallest absolute Gasteiger partial charge is 0.123 e. The molecule has 0 spiro atoms. The molecule has 3 rings (SSSR count). The van der Waals surface area contributed by atoms with E-state index in [-0.39, 0.29) is 0 Å². The molecule has 0 bridgehead atoms. The Hall–Kier alpha value is -1.82. The van der Waals surface area contributed by atoms with E-state index < -0.39 is 0 Å². The highest BCUT2D eigenvalue weighted by Gasteiger charge is 2.10. The summed E-state index contributed by atoms with van der Waals surface area (Å²) in [4.78, 5) is 2.38. The summed E-state index contributed by atoms with van der Waals surface area (Å²) in [6.07, 6.45) is 1.69. The molecule has 5 heteroatoms. The molecule has 1 aliphatic rings. The predicted octanol–water partition coefficient (Wildman–Crippen LogP) is 2.28. The summed E-state index contributed by atoms with van der Waals surface area (Å²) in [5, 5.41) is 3.38. The molecule has 1 aromatic carbocycles. The summed E-state index contributed by atoms with van der Waals surface area (Å²) >= 11 is 0. The van der Waals surface area contributed by atoms with Gasteiger partial charge >= 0.3 is 0 Å². The molecule has 0 unspecified atom stereocenters. The van der Waals surface area contributed by atoms with E-state index >= 15 is 0 Å². The highest BCUT2D eigenvalue weighted by Crippen LogP contribution is 2.18. The van der Waals surface area contributed by atoms with Gasteiger partial charge in [-0.3, -0.25) is 4.90 Å². The Morgan fingerprint density at radius 2 is 1.91 bits per heavy atom. The zero-order valence-corrected chi connectivity index (χ0v) is 13.4. The highest BCUT2D eigenvalue weighted by atomic mass is 16.5. The first-order valence-electron chi connectivity index (χ1n) is 8.16. The first-order valence-corrected chi connectivity index (χ1v) is 8.16. The molecule has 2 aromatic rings. The van der Waals surface area contributed by atoms with Gasteiger partial charge in [0.05, 0.1) is 26.0 Å². The predicted molar refractivity (Wildman–Crippen MR) is 88.4 cm³/mol. The average Bonchev–Trinajstić information content (AvgIpc) is 3.11. The van der Waals surface area contributed by atoms with Gasteiger partial charge in [0.1, 0.15) is 18.1 Å². The lowest BCUT2D eigenvalue weighted by Crippen LogP contribution is -2.38. The number of nitrogens with one attached hydrogen (secondary N) is 1. The maximum Gasteiger partial charge on any atom is 0.123 e. The number of furan rings is 1. The van der Waals surface area contributed by atoms with E-state index in [1.165, 1.54) is 5.56 Å². The van der Waals surface area contributed by atoms with Gasteiger partial charge in [0.15, 0.2) is 0 Å². The van der Waals surface area contributed by atoms with Crippen molar-refractivity contribution in [2.75, 3.05) is 39.5 Å². The maximum absolute atomic E-state index is 5.98. The third-order valence-corrected chi connectivity index (χ3v) is 3.94. The summed E-state index contributed by atoms with van der Waals surface area (Å²) in [7, 11) is 0. The number of nitrogens with zero attached hydrogens (tertiary/aromatic N) is 1. The fourth-order valence-corrected chi connectivity index (χ4v) is 2.63. The summed E-state index contributed by atoms with van der Waals surface area (Å²) in [6.45, 7) is 6.77. The van der Waals surface area contributed by atoms with E-state index in [1.54, 1.807) is 6.26 Å². The molecule has 5 nitrogen and oxygen atoms in total. The minimum absolute atomic E-state index is 0.704. The van der Waals surface area contributed by atoms with E-state index in [0.717, 1.165) is 57.4 Å². The van der Waals surface area contributed by atoms with Crippen LogP contribution in [0.5, 0.6) is 5.75 Å². The molecule has 1 aromatic heterocycles. The van der Waals surface area contributed by atoms with Crippen LogP contribution in [0.25, 0.3) is 0 Å². The van der Waals surface area contributed by atoms with Crippen molar-refractivity contribution < 1.29 is 13.9 Å². The minimum atomic E-state index is 0.704. The second-order valence-electron chi connectivity index (χ2n) is 5.59. The van der Waals surface area contributed by atoms with E-state index in [0.29, 0.717) is 6.61 Å². The van der Waals surface area contributed by atoms with Crippen molar-refractivity contribution in [3.8, 4) is 5.75 Å². The first-order chi connectivity index (χ1) is 11.4. The molecular weight excluding hydrogens is 292 g/mol. The molecule has 1 aliphatic heterocycles. The Kier molecular flexibility index (Phi) is 6.09. The van der Waals surface area contributed by atoms with Crippen molar-refractivity contribution in [1.29, 1.82) is 0 Å². The van der Waals surface area contributed by atoms with Gasteiger partial charge in [0.25, 0.3) is 0 Å². The monoisotopic (exact) mass is 316 g/mol. The lowest BCUT2D eigenvalue weighted by atomic mass is 10.2. The SMILES string of the molecule is c1coc(CNCc2ccccc2OCCN2CCOCC2)c1. The van der Waals surface area contributed by atoms with Crippen molar-refractivity contribution in [3.63, 3.8) is 0 Å². The molecule has 0 atom stereocenters. The van der Waals surface area contributed by atoms with Gasteiger partial charge in [-0.1, -0.05) is 18.2 Å². The highest BCUT2D eigenvalue weighted by molar-refractivity contribution is 5.33. The zero-order chi connectivity index (χ0) is 15.7. The van der Waals surface area contributed by atoms with E-state index in [1.807, 2.05) is 30.3 Å². The number of benzene rings is 1. The van der Waals surface area contributed by atoms with Gasteiger partial charge in [0, 0.05) is 31.7 Å². The fourth-order valence-electron chi connectivity index (χ4n) is 2.63. The standard InChI is InChI=1S/C18H24N2O3/c1-2-6-18(23-13-9-20-7-11-21-12-8-20)16(4-1)14-19-15-17-5-3-10-22-17/h1-6,10,19H,7-9,11-15H2. The Bertz CT molecular complexity index is 565. The van der Waals surface area contributed by atoms with Crippen LogP contribution >= 0.6 is 0 Å². The van der Waals surface area contributed by atoms with Crippen LogP contribution in [0.4, 0.5) is 0 Å². The van der Waals surface area contributed by atoms with Crippen LogP contribution in [0.2, 0.25) is 0 Å². The van der Waals surface area contributed by atoms with Crippen LogP contribution in [-0.4, -0.2) is 44.4 Å². The van der Waals surface area contributed by atoms with Gasteiger partial charge in [-0.15, -0.1) is 0 Å². The van der Waals surface area contributed by atoms with Crippen LogP contribution in [0.3, 0.4) is 0 Å². The fraction of sp³-hybridized carbons (Fsp3) is 0.444. The summed E-state index contributed by atoms with van der Waals surface area (Å²) in [6, 6.07) is 12.1. The molecule has 1 saturated heterocycles. The second-order valence-corrected chi connectivity index (χ2v) is 5.59. The molecule has 23 heavy (non-hydrogen) atoms. The lowest BCUT2D eigenvalue weighted by Gasteiger charge is -2.26. The van der Waals surface area contributed by atoms with Gasteiger partial charge in [-0.05, 0) is 18.2 Å².